The third-order valence-electron chi connectivity index (χ3n) is 2.95. The molecule has 0 aliphatic heterocycles. The number of hydrogen-bond donors (Lipinski definition) is 2. The largest absolute Gasteiger partial charge is 0.393 e. The monoisotopic (exact) mass is 260 g/mol. The maximum atomic E-state index is 12.2. The van der Waals surface area contributed by atoms with Crippen LogP contribution in [0, 0.1) is 0 Å². The van der Waals surface area contributed by atoms with Gasteiger partial charge in [-0.2, -0.15) is 0 Å². The van der Waals surface area contributed by atoms with Gasteiger partial charge in [0.2, 0.25) is 0 Å². The molecule has 0 heterocycles. The zero-order chi connectivity index (χ0) is 12.9. The van der Waals surface area contributed by atoms with Crippen LogP contribution in [0.2, 0.25) is 0 Å². The summed E-state index contributed by atoms with van der Waals surface area (Å²) in [4.78, 5) is 0. The Morgan fingerprint density at radius 1 is 1.24 bits per heavy atom. The molecular formula is C11H17O5P. The van der Waals surface area contributed by atoms with Crippen LogP contribution in [0.15, 0.2) is 30.3 Å². The van der Waals surface area contributed by atoms with Crippen LogP contribution in [0.1, 0.15) is 32.3 Å². The van der Waals surface area contributed by atoms with Gasteiger partial charge >= 0.3 is 7.60 Å². The number of hydrogen-bond acceptors (Lipinski definition) is 5. The van der Waals surface area contributed by atoms with Gasteiger partial charge in [0, 0.05) is 0 Å². The Hall–Kier alpha value is -0.710. The first-order chi connectivity index (χ1) is 8.04. The van der Waals surface area contributed by atoms with Crippen molar-refractivity contribution in [1.82, 2.24) is 0 Å². The van der Waals surface area contributed by atoms with Crippen LogP contribution < -0.4 is 0 Å². The van der Waals surface area contributed by atoms with Crippen LogP contribution in [-0.2, 0) is 19.1 Å². The molecule has 0 amide bonds. The third kappa shape index (κ3) is 2.59. The number of benzene rings is 1. The Bertz CT molecular complexity index is 386. The molecule has 5 nitrogen and oxygen atoms in total. The molecule has 17 heavy (non-hydrogen) atoms. The van der Waals surface area contributed by atoms with Crippen LogP contribution in [0.3, 0.4) is 0 Å². The molecule has 1 aromatic carbocycles. The van der Waals surface area contributed by atoms with Crippen molar-refractivity contribution in [2.24, 2.45) is 0 Å². The highest BCUT2D eigenvalue weighted by molar-refractivity contribution is 7.54. The third-order valence-corrected chi connectivity index (χ3v) is 5.07. The van der Waals surface area contributed by atoms with Gasteiger partial charge in [-0.1, -0.05) is 43.7 Å². The first-order valence-corrected chi connectivity index (χ1v) is 6.90. The molecule has 0 radical (unpaired) electrons. The van der Waals surface area contributed by atoms with E-state index in [0.717, 1.165) is 0 Å². The Balaban J connectivity index is 3.27. The maximum Gasteiger partial charge on any atom is 0.393 e. The molecule has 2 N–H and O–H groups in total. The summed E-state index contributed by atoms with van der Waals surface area (Å²) >= 11 is 0. The fourth-order valence-corrected chi connectivity index (χ4v) is 3.27. The Morgan fingerprint density at radius 2 is 1.76 bits per heavy atom. The van der Waals surface area contributed by atoms with Gasteiger partial charge in [-0.15, -0.1) is 9.35 Å². The zero-order valence-electron chi connectivity index (χ0n) is 9.87. The van der Waals surface area contributed by atoms with Gasteiger partial charge in [0.05, 0.1) is 5.16 Å². The molecule has 1 unspecified atom stereocenters. The second-order valence-electron chi connectivity index (χ2n) is 4.05. The fourth-order valence-electron chi connectivity index (χ4n) is 1.92. The summed E-state index contributed by atoms with van der Waals surface area (Å²) in [5, 5.41) is 16.4. The minimum Gasteiger partial charge on any atom is -0.254 e. The van der Waals surface area contributed by atoms with E-state index in [-0.39, 0.29) is 0 Å². The van der Waals surface area contributed by atoms with Crippen molar-refractivity contribution >= 4 is 7.60 Å². The van der Waals surface area contributed by atoms with Crippen molar-refractivity contribution in [3.05, 3.63) is 35.9 Å². The molecule has 0 aliphatic carbocycles. The maximum absolute atomic E-state index is 12.2. The lowest BCUT2D eigenvalue weighted by molar-refractivity contribution is -0.213. The van der Waals surface area contributed by atoms with E-state index in [0.29, 0.717) is 18.4 Å². The first kappa shape index (κ1) is 14.4. The van der Waals surface area contributed by atoms with Crippen molar-refractivity contribution < 1.29 is 24.4 Å². The minimum absolute atomic E-state index is 0.440. The Labute approximate surface area is 100 Å². The quantitative estimate of drug-likeness (QED) is 0.461. The Kier molecular flexibility index (Phi) is 4.86. The summed E-state index contributed by atoms with van der Waals surface area (Å²) in [7, 11) is -4.03. The highest BCUT2D eigenvalue weighted by atomic mass is 31.2. The lowest BCUT2D eigenvalue weighted by Gasteiger charge is -2.32. The second-order valence-corrected chi connectivity index (χ2v) is 6.36. The van der Waals surface area contributed by atoms with Crippen LogP contribution in [-0.4, -0.2) is 10.5 Å². The highest BCUT2D eigenvalue weighted by Gasteiger charge is 2.49. The first-order valence-electron chi connectivity index (χ1n) is 5.36. The summed E-state index contributed by atoms with van der Waals surface area (Å²) in [6, 6.07) is 8.88. The summed E-state index contributed by atoms with van der Waals surface area (Å²) in [6.07, 6.45) is 1.14. The van der Waals surface area contributed by atoms with Crippen LogP contribution in [0.25, 0.3) is 0 Å². The molecule has 0 bridgehead atoms. The molecule has 1 atom stereocenters. The normalized spacial score (nSPS) is 15.5. The van der Waals surface area contributed by atoms with E-state index >= 15 is 0 Å². The van der Waals surface area contributed by atoms with E-state index in [9.17, 15) is 4.57 Å². The predicted molar refractivity (Wildman–Crippen MR) is 63.7 cm³/mol. The van der Waals surface area contributed by atoms with Crippen LogP contribution >= 0.6 is 7.60 Å². The van der Waals surface area contributed by atoms with Gasteiger partial charge in [-0.05, 0) is 18.9 Å². The minimum atomic E-state index is -4.03. The summed E-state index contributed by atoms with van der Waals surface area (Å²) < 4.78 is 20.1. The van der Waals surface area contributed by atoms with Crippen molar-refractivity contribution in [3.8, 4) is 0 Å². The van der Waals surface area contributed by atoms with Crippen molar-refractivity contribution in [2.75, 3.05) is 0 Å². The molecule has 1 aromatic rings. The van der Waals surface area contributed by atoms with E-state index in [1.54, 1.807) is 31.2 Å². The van der Waals surface area contributed by atoms with Gasteiger partial charge in [0.1, 0.15) is 0 Å². The molecule has 0 aromatic heterocycles. The summed E-state index contributed by atoms with van der Waals surface area (Å²) in [5.41, 5.74) is 0.674. The van der Waals surface area contributed by atoms with E-state index in [2.05, 4.69) is 9.35 Å². The Morgan fingerprint density at radius 3 is 2.18 bits per heavy atom. The van der Waals surface area contributed by atoms with Gasteiger partial charge in [0.25, 0.3) is 0 Å². The molecule has 0 fully saturated rings. The lowest BCUT2D eigenvalue weighted by atomic mass is 9.95. The van der Waals surface area contributed by atoms with Crippen LogP contribution in [0.5, 0.6) is 0 Å². The van der Waals surface area contributed by atoms with E-state index < -0.39 is 12.8 Å². The average Bonchev–Trinajstić information content (AvgIpc) is 2.38. The van der Waals surface area contributed by atoms with Crippen molar-refractivity contribution in [1.29, 1.82) is 0 Å². The average molecular weight is 260 g/mol. The standard InChI is InChI=1S/C11H17O5P/c1-3-9-11(2,17(14,15-12)16-13)10-7-5-4-6-8-10/h4-8,12-13H,3,9H2,1-2H3. The van der Waals surface area contributed by atoms with Crippen molar-refractivity contribution in [3.63, 3.8) is 0 Å². The van der Waals surface area contributed by atoms with Gasteiger partial charge in [0.15, 0.2) is 0 Å². The predicted octanol–water partition coefficient (Wildman–Crippen LogP) is 3.87. The molecule has 0 saturated carbocycles. The SMILES string of the molecule is CCCC(C)(c1ccccc1)P(=O)(OO)OO. The van der Waals surface area contributed by atoms with Crippen LogP contribution in [0.4, 0.5) is 0 Å². The molecular weight excluding hydrogens is 243 g/mol. The van der Waals surface area contributed by atoms with Gasteiger partial charge < -0.3 is 0 Å². The molecule has 0 saturated heterocycles. The smallest absolute Gasteiger partial charge is 0.254 e. The van der Waals surface area contributed by atoms with E-state index in [1.165, 1.54) is 0 Å². The topological polar surface area (TPSA) is 76.0 Å². The summed E-state index contributed by atoms with van der Waals surface area (Å²) in [5.74, 6) is 0. The number of rotatable bonds is 6. The van der Waals surface area contributed by atoms with E-state index in [1.807, 2.05) is 13.0 Å². The van der Waals surface area contributed by atoms with E-state index in [4.69, 9.17) is 10.5 Å². The molecule has 96 valence electrons. The molecule has 0 aliphatic rings. The fraction of sp³-hybridized carbons (Fsp3) is 0.455. The molecule has 6 heteroatoms. The van der Waals surface area contributed by atoms with Gasteiger partial charge in [-0.3, -0.25) is 4.57 Å². The van der Waals surface area contributed by atoms with Crippen molar-refractivity contribution in [2.45, 2.75) is 31.8 Å². The second kappa shape index (κ2) is 5.76. The molecule has 0 spiro atoms. The summed E-state index contributed by atoms with van der Waals surface area (Å²) in [6.45, 7) is 3.53. The highest BCUT2D eigenvalue weighted by Crippen LogP contribution is 2.65. The van der Waals surface area contributed by atoms with Gasteiger partial charge in [-0.25, -0.2) is 10.5 Å². The lowest BCUT2D eigenvalue weighted by Crippen LogP contribution is -2.24. The zero-order valence-corrected chi connectivity index (χ0v) is 10.8. The molecule has 1 rings (SSSR count).